The SMILES string of the molecule is C[Si](C)(C)CCOCn1c(Br)c(-c2ccccc2)c2ncc(F)cc21. The van der Waals surface area contributed by atoms with Crippen molar-refractivity contribution in [2.45, 2.75) is 32.4 Å². The lowest BCUT2D eigenvalue weighted by atomic mass is 10.1. The van der Waals surface area contributed by atoms with E-state index in [0.29, 0.717) is 13.3 Å². The zero-order valence-corrected chi connectivity index (χ0v) is 17.3. The van der Waals surface area contributed by atoms with Crippen molar-refractivity contribution >= 4 is 35.0 Å². The number of hydrogen-bond donors (Lipinski definition) is 0. The zero-order valence-electron chi connectivity index (χ0n) is 14.7. The van der Waals surface area contributed by atoms with Crippen molar-refractivity contribution < 1.29 is 9.13 Å². The smallest absolute Gasteiger partial charge is 0.143 e. The standard InChI is InChI=1S/C19H22BrFN2OSi/c1-25(2,3)10-9-24-13-23-16-11-15(21)12-22-18(16)17(19(23)20)14-7-5-4-6-8-14/h4-8,11-12H,9-10,13H2,1-3H3. The fraction of sp³-hybridized carbons (Fsp3) is 0.316. The van der Waals surface area contributed by atoms with Crippen LogP contribution < -0.4 is 0 Å². The van der Waals surface area contributed by atoms with Crippen LogP contribution in [0.25, 0.3) is 22.2 Å². The summed E-state index contributed by atoms with van der Waals surface area (Å²) in [5.74, 6) is -0.347. The second-order valence-electron chi connectivity index (χ2n) is 7.33. The Morgan fingerprint density at radius 3 is 2.60 bits per heavy atom. The van der Waals surface area contributed by atoms with Crippen molar-refractivity contribution in [3.05, 3.63) is 53.0 Å². The summed E-state index contributed by atoms with van der Waals surface area (Å²) in [6.45, 7) is 8.06. The number of hydrogen-bond acceptors (Lipinski definition) is 2. The van der Waals surface area contributed by atoms with Gasteiger partial charge in [-0.1, -0.05) is 50.0 Å². The fourth-order valence-corrected chi connectivity index (χ4v) is 4.15. The summed E-state index contributed by atoms with van der Waals surface area (Å²) < 4.78 is 22.5. The highest BCUT2D eigenvalue weighted by Crippen LogP contribution is 2.37. The summed E-state index contributed by atoms with van der Waals surface area (Å²) in [7, 11) is -1.14. The Balaban J connectivity index is 1.97. The lowest BCUT2D eigenvalue weighted by Gasteiger charge is -2.16. The van der Waals surface area contributed by atoms with Crippen LogP contribution in [-0.4, -0.2) is 24.2 Å². The van der Waals surface area contributed by atoms with E-state index in [2.05, 4.69) is 40.6 Å². The van der Waals surface area contributed by atoms with Gasteiger partial charge in [-0.3, -0.25) is 4.98 Å². The Labute approximate surface area is 157 Å². The number of ether oxygens (including phenoxy) is 1. The van der Waals surface area contributed by atoms with Crippen LogP contribution in [0.2, 0.25) is 25.7 Å². The molecule has 132 valence electrons. The maximum absolute atomic E-state index is 13.8. The molecular formula is C19H22BrFN2OSi. The summed E-state index contributed by atoms with van der Waals surface area (Å²) in [6, 6.07) is 12.6. The highest BCUT2D eigenvalue weighted by molar-refractivity contribution is 9.10. The van der Waals surface area contributed by atoms with Crippen LogP contribution in [0.5, 0.6) is 0 Å². The monoisotopic (exact) mass is 420 g/mol. The number of pyridine rings is 1. The minimum Gasteiger partial charge on any atom is -0.361 e. The van der Waals surface area contributed by atoms with Gasteiger partial charge in [0.2, 0.25) is 0 Å². The molecule has 0 aliphatic heterocycles. The van der Waals surface area contributed by atoms with Crippen LogP contribution in [0.15, 0.2) is 47.2 Å². The largest absolute Gasteiger partial charge is 0.361 e. The lowest BCUT2D eigenvalue weighted by Crippen LogP contribution is -2.22. The molecule has 2 heterocycles. The quantitative estimate of drug-likeness (QED) is 0.365. The van der Waals surface area contributed by atoms with Crippen molar-refractivity contribution in [3.8, 4) is 11.1 Å². The highest BCUT2D eigenvalue weighted by Gasteiger charge is 2.19. The van der Waals surface area contributed by atoms with E-state index in [0.717, 1.165) is 32.8 Å². The highest BCUT2D eigenvalue weighted by atomic mass is 79.9. The third-order valence-corrected chi connectivity index (χ3v) is 6.61. The molecule has 0 radical (unpaired) electrons. The van der Waals surface area contributed by atoms with Crippen LogP contribution in [0.4, 0.5) is 4.39 Å². The summed E-state index contributed by atoms with van der Waals surface area (Å²) in [6.07, 6.45) is 1.26. The van der Waals surface area contributed by atoms with Crippen LogP contribution in [-0.2, 0) is 11.5 Å². The number of aromatic nitrogens is 2. The molecule has 0 fully saturated rings. The molecule has 6 heteroatoms. The molecule has 3 aromatic rings. The summed E-state index contributed by atoms with van der Waals surface area (Å²) in [5, 5.41) is 0. The molecule has 0 atom stereocenters. The van der Waals surface area contributed by atoms with Crippen molar-refractivity contribution in [1.82, 2.24) is 9.55 Å². The van der Waals surface area contributed by atoms with E-state index in [1.807, 2.05) is 34.9 Å². The maximum atomic E-state index is 13.8. The molecule has 2 aromatic heterocycles. The van der Waals surface area contributed by atoms with Gasteiger partial charge in [0.1, 0.15) is 12.5 Å². The Hall–Kier alpha value is -1.50. The first kappa shape index (κ1) is 18.3. The van der Waals surface area contributed by atoms with Crippen molar-refractivity contribution in [2.75, 3.05) is 6.61 Å². The van der Waals surface area contributed by atoms with Gasteiger partial charge in [0.05, 0.1) is 21.8 Å². The van der Waals surface area contributed by atoms with Gasteiger partial charge in [-0.15, -0.1) is 0 Å². The zero-order chi connectivity index (χ0) is 18.0. The van der Waals surface area contributed by atoms with E-state index in [9.17, 15) is 4.39 Å². The summed E-state index contributed by atoms with van der Waals surface area (Å²) in [5.41, 5.74) is 3.51. The number of halogens is 2. The van der Waals surface area contributed by atoms with Crippen molar-refractivity contribution in [2.24, 2.45) is 0 Å². The van der Waals surface area contributed by atoms with E-state index in [-0.39, 0.29) is 5.82 Å². The molecule has 3 rings (SSSR count). The predicted octanol–water partition coefficient (Wildman–Crippen LogP) is 5.92. The Morgan fingerprint density at radius 1 is 1.20 bits per heavy atom. The Morgan fingerprint density at radius 2 is 1.92 bits per heavy atom. The lowest BCUT2D eigenvalue weighted by molar-refractivity contribution is 0.0889. The molecule has 0 unspecified atom stereocenters. The van der Waals surface area contributed by atoms with Crippen LogP contribution >= 0.6 is 15.9 Å². The van der Waals surface area contributed by atoms with Crippen molar-refractivity contribution in [3.63, 3.8) is 0 Å². The van der Waals surface area contributed by atoms with E-state index in [4.69, 9.17) is 4.74 Å². The van der Waals surface area contributed by atoms with Crippen LogP contribution in [0.3, 0.4) is 0 Å². The van der Waals surface area contributed by atoms with Gasteiger partial charge >= 0.3 is 0 Å². The van der Waals surface area contributed by atoms with Gasteiger partial charge in [0, 0.05) is 26.3 Å². The normalized spacial score (nSPS) is 12.0. The molecule has 0 saturated heterocycles. The minimum absolute atomic E-state index is 0.347. The van der Waals surface area contributed by atoms with Crippen LogP contribution in [0, 0.1) is 5.82 Å². The number of benzene rings is 1. The first-order valence-electron chi connectivity index (χ1n) is 8.33. The molecule has 0 saturated carbocycles. The molecule has 0 bridgehead atoms. The van der Waals surface area contributed by atoms with E-state index in [1.54, 1.807) is 0 Å². The average Bonchev–Trinajstić information content (AvgIpc) is 2.83. The summed E-state index contributed by atoms with van der Waals surface area (Å²) in [4.78, 5) is 4.33. The van der Waals surface area contributed by atoms with Crippen LogP contribution in [0.1, 0.15) is 0 Å². The topological polar surface area (TPSA) is 27.1 Å². The van der Waals surface area contributed by atoms with Gasteiger partial charge < -0.3 is 9.30 Å². The Kier molecular flexibility index (Phi) is 5.41. The minimum atomic E-state index is -1.14. The van der Waals surface area contributed by atoms with Gasteiger partial charge in [-0.2, -0.15) is 0 Å². The average molecular weight is 421 g/mol. The first-order chi connectivity index (χ1) is 11.9. The van der Waals surface area contributed by atoms with Gasteiger partial charge in [-0.05, 0) is 27.5 Å². The second-order valence-corrected chi connectivity index (χ2v) is 13.7. The molecule has 0 aliphatic carbocycles. The van der Waals surface area contributed by atoms with E-state index in [1.165, 1.54) is 12.3 Å². The second kappa shape index (κ2) is 7.39. The maximum Gasteiger partial charge on any atom is 0.143 e. The third kappa shape index (κ3) is 4.19. The third-order valence-electron chi connectivity index (χ3n) is 4.08. The number of fused-ring (bicyclic) bond motifs is 1. The molecular weight excluding hydrogens is 399 g/mol. The molecule has 0 N–H and O–H groups in total. The van der Waals surface area contributed by atoms with Gasteiger partial charge in [0.25, 0.3) is 0 Å². The van der Waals surface area contributed by atoms with Gasteiger partial charge in [0.15, 0.2) is 0 Å². The predicted molar refractivity (Wildman–Crippen MR) is 107 cm³/mol. The Bertz CT molecular complexity index is 875. The molecule has 0 spiro atoms. The van der Waals surface area contributed by atoms with Gasteiger partial charge in [-0.25, -0.2) is 4.39 Å². The molecule has 0 aliphatic rings. The molecule has 1 aromatic carbocycles. The first-order valence-corrected chi connectivity index (χ1v) is 12.8. The number of rotatable bonds is 6. The molecule has 3 nitrogen and oxygen atoms in total. The van der Waals surface area contributed by atoms with E-state index < -0.39 is 8.07 Å². The van der Waals surface area contributed by atoms with Crippen molar-refractivity contribution in [1.29, 1.82) is 0 Å². The molecule has 25 heavy (non-hydrogen) atoms. The fourth-order valence-electron chi connectivity index (χ4n) is 2.69. The number of nitrogens with zero attached hydrogens (tertiary/aromatic N) is 2. The molecule has 0 amide bonds. The van der Waals surface area contributed by atoms with E-state index >= 15 is 0 Å². The summed E-state index contributed by atoms with van der Waals surface area (Å²) >= 11 is 3.68.